The van der Waals surface area contributed by atoms with Crippen molar-refractivity contribution < 1.29 is 4.79 Å². The third-order valence-corrected chi connectivity index (χ3v) is 2.55. The maximum Gasteiger partial charge on any atom is 0.241 e. The van der Waals surface area contributed by atoms with E-state index >= 15 is 0 Å². The Morgan fingerprint density at radius 1 is 1.73 bits per heavy atom. The smallest absolute Gasteiger partial charge is 0.241 e. The van der Waals surface area contributed by atoms with Crippen molar-refractivity contribution in [2.45, 2.75) is 0 Å². The number of hydrogen-bond acceptors (Lipinski definition) is 2. The first kappa shape index (κ1) is 8.49. The normalized spacial score (nSPS) is 10.6. The molecule has 58 valence electrons. The number of nitrogens with two attached hydrogens (primary N) is 1. The van der Waals surface area contributed by atoms with Gasteiger partial charge in [0.15, 0.2) is 0 Å². The van der Waals surface area contributed by atoms with Gasteiger partial charge in [-0.1, -0.05) is 0 Å². The number of amides is 1. The molecule has 0 radical (unpaired) electrons. The summed E-state index contributed by atoms with van der Waals surface area (Å²) in [6, 6.07) is 1.92. The van der Waals surface area contributed by atoms with Crippen LogP contribution in [0.3, 0.4) is 0 Å². The molecule has 0 unspecified atom stereocenters. The van der Waals surface area contributed by atoms with Crippen molar-refractivity contribution in [2.24, 2.45) is 5.73 Å². The number of halogens is 1. The van der Waals surface area contributed by atoms with E-state index in [1.165, 1.54) is 6.08 Å². The Balaban J connectivity index is 2.71. The minimum atomic E-state index is -0.424. The second-order valence-corrected chi connectivity index (χ2v) is 4.21. The van der Waals surface area contributed by atoms with Gasteiger partial charge in [0.25, 0.3) is 0 Å². The summed E-state index contributed by atoms with van der Waals surface area (Å²) in [5, 5.41) is 1.93. The van der Waals surface area contributed by atoms with Crippen LogP contribution in [-0.2, 0) is 4.79 Å². The standard InChI is InChI=1S/C7H6BrNOS/c8-6-3-5(4-11-6)1-2-7(9)10/h1-4H,(H2,9,10)/b2-1+. The molecule has 0 bridgehead atoms. The lowest BCUT2D eigenvalue weighted by Crippen LogP contribution is -2.04. The van der Waals surface area contributed by atoms with Gasteiger partial charge < -0.3 is 5.73 Å². The minimum absolute atomic E-state index is 0.424. The fourth-order valence-corrected chi connectivity index (χ4v) is 1.73. The summed E-state index contributed by atoms with van der Waals surface area (Å²) in [6.45, 7) is 0. The lowest BCUT2D eigenvalue weighted by atomic mass is 10.3. The van der Waals surface area contributed by atoms with Crippen LogP contribution in [0.15, 0.2) is 21.3 Å². The summed E-state index contributed by atoms with van der Waals surface area (Å²) in [5.74, 6) is -0.424. The zero-order valence-electron chi connectivity index (χ0n) is 5.58. The van der Waals surface area contributed by atoms with Crippen LogP contribution < -0.4 is 5.73 Å². The molecule has 0 aliphatic heterocycles. The quantitative estimate of drug-likeness (QED) is 0.778. The molecule has 0 aliphatic rings. The van der Waals surface area contributed by atoms with Gasteiger partial charge in [-0.2, -0.15) is 0 Å². The zero-order chi connectivity index (χ0) is 8.27. The first-order valence-corrected chi connectivity index (χ1v) is 4.57. The maximum atomic E-state index is 10.3. The van der Waals surface area contributed by atoms with Crippen LogP contribution >= 0.6 is 27.3 Å². The average molecular weight is 232 g/mol. The molecule has 1 rings (SSSR count). The van der Waals surface area contributed by atoms with E-state index in [0.29, 0.717) is 0 Å². The van der Waals surface area contributed by atoms with Crippen molar-refractivity contribution in [3.05, 3.63) is 26.9 Å². The molecule has 1 aromatic heterocycles. The molecule has 2 N–H and O–H groups in total. The summed E-state index contributed by atoms with van der Waals surface area (Å²) in [5.41, 5.74) is 5.90. The van der Waals surface area contributed by atoms with E-state index < -0.39 is 5.91 Å². The average Bonchev–Trinajstić information content (AvgIpc) is 2.31. The van der Waals surface area contributed by atoms with Gasteiger partial charge in [-0.05, 0) is 39.0 Å². The van der Waals surface area contributed by atoms with Crippen LogP contribution in [0.4, 0.5) is 0 Å². The van der Waals surface area contributed by atoms with Gasteiger partial charge in [0, 0.05) is 6.08 Å². The molecule has 0 spiro atoms. The minimum Gasteiger partial charge on any atom is -0.366 e. The van der Waals surface area contributed by atoms with E-state index in [9.17, 15) is 4.79 Å². The molecule has 0 saturated carbocycles. The Morgan fingerprint density at radius 3 is 2.91 bits per heavy atom. The fraction of sp³-hybridized carbons (Fsp3) is 0. The van der Waals surface area contributed by atoms with Gasteiger partial charge in [-0.25, -0.2) is 0 Å². The maximum absolute atomic E-state index is 10.3. The highest BCUT2D eigenvalue weighted by molar-refractivity contribution is 9.11. The SMILES string of the molecule is NC(=O)/C=C/c1csc(Br)c1. The van der Waals surface area contributed by atoms with E-state index in [-0.39, 0.29) is 0 Å². The molecule has 1 aromatic rings. The summed E-state index contributed by atoms with van der Waals surface area (Å²) in [7, 11) is 0. The molecular weight excluding hydrogens is 226 g/mol. The molecular formula is C7H6BrNOS. The summed E-state index contributed by atoms with van der Waals surface area (Å²) >= 11 is 4.88. The van der Waals surface area contributed by atoms with Gasteiger partial charge in [0.05, 0.1) is 3.79 Å². The topological polar surface area (TPSA) is 43.1 Å². The predicted molar refractivity (Wildman–Crippen MR) is 50.2 cm³/mol. The van der Waals surface area contributed by atoms with E-state index in [2.05, 4.69) is 15.9 Å². The monoisotopic (exact) mass is 231 g/mol. The lowest BCUT2D eigenvalue weighted by Gasteiger charge is -1.80. The molecule has 1 amide bonds. The highest BCUT2D eigenvalue weighted by Crippen LogP contribution is 2.21. The third kappa shape index (κ3) is 2.86. The molecule has 4 heteroatoms. The summed E-state index contributed by atoms with van der Waals surface area (Å²) in [6.07, 6.45) is 3.03. The van der Waals surface area contributed by atoms with Crippen molar-refractivity contribution in [1.29, 1.82) is 0 Å². The van der Waals surface area contributed by atoms with E-state index in [0.717, 1.165) is 9.35 Å². The first-order valence-electron chi connectivity index (χ1n) is 2.90. The van der Waals surface area contributed by atoms with E-state index in [4.69, 9.17) is 5.73 Å². The van der Waals surface area contributed by atoms with Crippen LogP contribution in [-0.4, -0.2) is 5.91 Å². The van der Waals surface area contributed by atoms with Gasteiger partial charge in [-0.15, -0.1) is 11.3 Å². The largest absolute Gasteiger partial charge is 0.366 e. The van der Waals surface area contributed by atoms with Crippen molar-refractivity contribution >= 4 is 39.2 Å². The number of hydrogen-bond donors (Lipinski definition) is 1. The van der Waals surface area contributed by atoms with Gasteiger partial charge in [0.1, 0.15) is 0 Å². The van der Waals surface area contributed by atoms with Crippen LogP contribution in [0.2, 0.25) is 0 Å². The molecule has 11 heavy (non-hydrogen) atoms. The first-order chi connectivity index (χ1) is 5.18. The van der Waals surface area contributed by atoms with Gasteiger partial charge >= 0.3 is 0 Å². The van der Waals surface area contributed by atoms with Crippen LogP contribution in [0, 0.1) is 0 Å². The van der Waals surface area contributed by atoms with Crippen molar-refractivity contribution in [1.82, 2.24) is 0 Å². The lowest BCUT2D eigenvalue weighted by molar-refractivity contribution is -0.113. The van der Waals surface area contributed by atoms with Crippen molar-refractivity contribution in [3.8, 4) is 0 Å². The number of rotatable bonds is 2. The van der Waals surface area contributed by atoms with Crippen molar-refractivity contribution in [3.63, 3.8) is 0 Å². The summed E-state index contributed by atoms with van der Waals surface area (Å²) in [4.78, 5) is 10.3. The number of thiophene rings is 1. The van der Waals surface area contributed by atoms with Crippen LogP contribution in [0.25, 0.3) is 6.08 Å². The second kappa shape index (κ2) is 3.69. The van der Waals surface area contributed by atoms with Crippen molar-refractivity contribution in [2.75, 3.05) is 0 Å². The number of carbonyl (C=O) groups excluding carboxylic acids is 1. The molecule has 2 nitrogen and oxygen atoms in total. The molecule has 0 saturated heterocycles. The molecule has 0 fully saturated rings. The molecule has 0 atom stereocenters. The van der Waals surface area contributed by atoms with E-state index in [1.807, 2.05) is 11.4 Å². The van der Waals surface area contributed by atoms with E-state index in [1.54, 1.807) is 17.4 Å². The Bertz CT molecular complexity index is 292. The van der Waals surface area contributed by atoms with Crippen LogP contribution in [0.5, 0.6) is 0 Å². The predicted octanol–water partition coefficient (Wildman–Crippen LogP) is 2.01. The zero-order valence-corrected chi connectivity index (χ0v) is 7.98. The highest BCUT2D eigenvalue weighted by Gasteiger charge is 1.92. The molecule has 0 aromatic carbocycles. The number of carbonyl (C=O) groups is 1. The molecule has 1 heterocycles. The Morgan fingerprint density at radius 2 is 2.45 bits per heavy atom. The molecule has 0 aliphatic carbocycles. The Kier molecular flexibility index (Phi) is 2.84. The Labute approximate surface area is 76.8 Å². The fourth-order valence-electron chi connectivity index (χ4n) is 0.589. The number of primary amides is 1. The van der Waals surface area contributed by atoms with Crippen LogP contribution in [0.1, 0.15) is 5.56 Å². The third-order valence-electron chi connectivity index (χ3n) is 1.03. The Hall–Kier alpha value is -0.610. The van der Waals surface area contributed by atoms with Gasteiger partial charge in [-0.3, -0.25) is 4.79 Å². The highest BCUT2D eigenvalue weighted by atomic mass is 79.9. The van der Waals surface area contributed by atoms with Gasteiger partial charge in [0.2, 0.25) is 5.91 Å². The second-order valence-electron chi connectivity index (χ2n) is 1.92. The summed E-state index contributed by atoms with van der Waals surface area (Å²) < 4.78 is 1.04.